The molecule has 1 heterocycles. The van der Waals surface area contributed by atoms with Gasteiger partial charge in [-0.15, -0.1) is 0 Å². The highest BCUT2D eigenvalue weighted by atomic mass is 16.5. The van der Waals surface area contributed by atoms with Crippen LogP contribution in [0.15, 0.2) is 24.3 Å². The third kappa shape index (κ3) is 5.23. The van der Waals surface area contributed by atoms with Crippen LogP contribution in [0, 0.1) is 6.92 Å². The number of hydrogen-bond acceptors (Lipinski definition) is 3. The van der Waals surface area contributed by atoms with Gasteiger partial charge in [0.25, 0.3) is 5.91 Å². The molecule has 0 aliphatic carbocycles. The normalized spacial score (nSPS) is 17.5. The van der Waals surface area contributed by atoms with Crippen molar-refractivity contribution < 1.29 is 14.3 Å². The van der Waals surface area contributed by atoms with Gasteiger partial charge in [-0.25, -0.2) is 4.79 Å². The van der Waals surface area contributed by atoms with E-state index in [1.54, 1.807) is 19.0 Å². The second kappa shape index (κ2) is 8.68. The van der Waals surface area contributed by atoms with Crippen LogP contribution in [0.4, 0.5) is 4.79 Å². The first-order chi connectivity index (χ1) is 11.5. The number of carbonyl (C=O) groups excluding carboxylic acids is 2. The van der Waals surface area contributed by atoms with E-state index >= 15 is 0 Å². The fourth-order valence-electron chi connectivity index (χ4n) is 2.74. The molecule has 2 rings (SSSR count). The van der Waals surface area contributed by atoms with Gasteiger partial charge in [0.2, 0.25) is 0 Å². The molecule has 0 spiro atoms. The van der Waals surface area contributed by atoms with Crippen LogP contribution in [0.5, 0.6) is 0 Å². The van der Waals surface area contributed by atoms with Gasteiger partial charge < -0.3 is 19.9 Å². The molecule has 1 aliphatic rings. The van der Waals surface area contributed by atoms with Gasteiger partial charge in [-0.2, -0.15) is 0 Å². The minimum atomic E-state index is -0.563. The van der Waals surface area contributed by atoms with E-state index in [1.807, 2.05) is 0 Å². The average Bonchev–Trinajstić information content (AvgIpc) is 2.58. The Kier molecular flexibility index (Phi) is 6.61. The molecule has 0 saturated carbocycles. The molecule has 0 aromatic heterocycles. The van der Waals surface area contributed by atoms with Gasteiger partial charge in [-0.3, -0.25) is 4.79 Å². The van der Waals surface area contributed by atoms with E-state index in [1.165, 1.54) is 16.0 Å². The van der Waals surface area contributed by atoms with Crippen molar-refractivity contribution in [3.8, 4) is 0 Å². The van der Waals surface area contributed by atoms with E-state index in [0.29, 0.717) is 26.2 Å². The summed E-state index contributed by atoms with van der Waals surface area (Å²) in [5.41, 5.74) is 2.54. The number of benzene rings is 1. The zero-order chi connectivity index (χ0) is 17.5. The fraction of sp³-hybridized carbons (Fsp3) is 0.556. The first-order valence-electron chi connectivity index (χ1n) is 8.38. The fourth-order valence-corrected chi connectivity index (χ4v) is 2.74. The third-order valence-electron chi connectivity index (χ3n) is 4.07. The largest absolute Gasteiger partial charge is 0.365 e. The number of aryl methyl sites for hydroxylation is 2. The Morgan fingerprint density at radius 1 is 1.38 bits per heavy atom. The summed E-state index contributed by atoms with van der Waals surface area (Å²) in [7, 11) is 3.38. The quantitative estimate of drug-likeness (QED) is 0.829. The second-order valence-corrected chi connectivity index (χ2v) is 6.36. The lowest BCUT2D eigenvalue weighted by Gasteiger charge is -2.33. The molecular formula is C18H27N3O3. The topological polar surface area (TPSA) is 61.9 Å². The molecule has 6 nitrogen and oxygen atoms in total. The highest BCUT2D eigenvalue weighted by Crippen LogP contribution is 2.08. The van der Waals surface area contributed by atoms with E-state index in [-0.39, 0.29) is 11.9 Å². The summed E-state index contributed by atoms with van der Waals surface area (Å²) < 4.78 is 5.46. The molecule has 3 amide bonds. The summed E-state index contributed by atoms with van der Waals surface area (Å²) in [6.07, 6.45) is 1.26. The molecule has 1 N–H and O–H groups in total. The summed E-state index contributed by atoms with van der Waals surface area (Å²) in [6.45, 7) is 3.91. The molecule has 24 heavy (non-hydrogen) atoms. The number of urea groups is 1. The predicted molar refractivity (Wildman–Crippen MR) is 92.9 cm³/mol. The van der Waals surface area contributed by atoms with Crippen molar-refractivity contribution in [3.05, 3.63) is 35.4 Å². The lowest BCUT2D eigenvalue weighted by molar-refractivity contribution is -0.145. The molecule has 0 radical (unpaired) electrons. The summed E-state index contributed by atoms with van der Waals surface area (Å²) in [4.78, 5) is 27.3. The number of likely N-dealkylation sites (N-methyl/N-ethyl adjacent to an activating group) is 1. The van der Waals surface area contributed by atoms with Crippen molar-refractivity contribution in [1.82, 2.24) is 15.1 Å². The molecule has 1 atom stereocenters. The van der Waals surface area contributed by atoms with Crippen LogP contribution in [-0.4, -0.2) is 68.2 Å². The smallest absolute Gasteiger partial charge is 0.317 e. The van der Waals surface area contributed by atoms with E-state index in [2.05, 4.69) is 36.5 Å². The highest BCUT2D eigenvalue weighted by molar-refractivity contribution is 5.82. The van der Waals surface area contributed by atoms with Crippen LogP contribution in [0.25, 0.3) is 0 Å². The monoisotopic (exact) mass is 333 g/mol. The molecule has 0 bridgehead atoms. The first-order valence-corrected chi connectivity index (χ1v) is 8.38. The average molecular weight is 333 g/mol. The van der Waals surface area contributed by atoms with Crippen molar-refractivity contribution in [1.29, 1.82) is 0 Å². The van der Waals surface area contributed by atoms with Crippen LogP contribution in [-0.2, 0) is 16.0 Å². The van der Waals surface area contributed by atoms with Crippen molar-refractivity contribution in [2.45, 2.75) is 25.9 Å². The van der Waals surface area contributed by atoms with Gasteiger partial charge in [0, 0.05) is 27.2 Å². The number of morpholine rings is 1. The van der Waals surface area contributed by atoms with Crippen LogP contribution in [0.3, 0.4) is 0 Å². The number of nitrogens with one attached hydrogen (secondary N) is 1. The zero-order valence-corrected chi connectivity index (χ0v) is 14.7. The van der Waals surface area contributed by atoms with Gasteiger partial charge in [-0.1, -0.05) is 29.8 Å². The minimum Gasteiger partial charge on any atom is -0.365 e. The SMILES string of the molecule is Cc1cccc(CCCNC(=O)N2CCO[C@H](C(=O)N(C)C)C2)c1. The lowest BCUT2D eigenvalue weighted by Crippen LogP contribution is -2.53. The maximum Gasteiger partial charge on any atom is 0.317 e. The number of ether oxygens (including phenoxy) is 1. The van der Waals surface area contributed by atoms with Gasteiger partial charge in [0.05, 0.1) is 13.2 Å². The molecule has 132 valence electrons. The highest BCUT2D eigenvalue weighted by Gasteiger charge is 2.29. The minimum absolute atomic E-state index is 0.105. The number of rotatable bonds is 5. The Morgan fingerprint density at radius 2 is 2.17 bits per heavy atom. The van der Waals surface area contributed by atoms with E-state index in [4.69, 9.17) is 4.74 Å². The van der Waals surface area contributed by atoms with Gasteiger partial charge in [0.1, 0.15) is 0 Å². The predicted octanol–water partition coefficient (Wildman–Crippen LogP) is 1.43. The summed E-state index contributed by atoms with van der Waals surface area (Å²) in [5, 5.41) is 2.93. The van der Waals surface area contributed by atoms with E-state index < -0.39 is 6.10 Å². The van der Waals surface area contributed by atoms with Gasteiger partial charge in [0.15, 0.2) is 6.10 Å². The number of hydrogen-bond donors (Lipinski definition) is 1. The summed E-state index contributed by atoms with van der Waals surface area (Å²) in [6, 6.07) is 8.28. The second-order valence-electron chi connectivity index (χ2n) is 6.36. The maximum absolute atomic E-state index is 12.2. The Bertz CT molecular complexity index is 574. The standard InChI is InChI=1S/C18H27N3O3/c1-14-6-4-7-15(12-14)8-5-9-19-18(23)21-10-11-24-16(13-21)17(22)20(2)3/h4,6-7,12,16H,5,8-11,13H2,1-3H3,(H,19,23)/t16-/m0/s1. The number of nitrogens with zero attached hydrogens (tertiary/aromatic N) is 2. The van der Waals surface area contributed by atoms with Crippen LogP contribution < -0.4 is 5.32 Å². The Labute approximate surface area is 143 Å². The van der Waals surface area contributed by atoms with Crippen molar-refractivity contribution in [3.63, 3.8) is 0 Å². The summed E-state index contributed by atoms with van der Waals surface area (Å²) >= 11 is 0. The first kappa shape index (κ1) is 18.3. The van der Waals surface area contributed by atoms with Crippen LogP contribution >= 0.6 is 0 Å². The third-order valence-corrected chi connectivity index (χ3v) is 4.07. The maximum atomic E-state index is 12.2. The van der Waals surface area contributed by atoms with Crippen molar-refractivity contribution >= 4 is 11.9 Å². The Hall–Kier alpha value is -2.08. The molecular weight excluding hydrogens is 306 g/mol. The molecule has 1 aromatic rings. The molecule has 1 fully saturated rings. The summed E-state index contributed by atoms with van der Waals surface area (Å²) in [5.74, 6) is -0.105. The van der Waals surface area contributed by atoms with E-state index in [0.717, 1.165) is 12.8 Å². The number of carbonyl (C=O) groups is 2. The molecule has 0 unspecified atom stereocenters. The van der Waals surface area contributed by atoms with Crippen LogP contribution in [0.1, 0.15) is 17.5 Å². The molecule has 1 saturated heterocycles. The lowest BCUT2D eigenvalue weighted by atomic mass is 10.1. The number of amides is 3. The molecule has 1 aromatic carbocycles. The van der Waals surface area contributed by atoms with Crippen molar-refractivity contribution in [2.24, 2.45) is 0 Å². The van der Waals surface area contributed by atoms with Crippen molar-refractivity contribution in [2.75, 3.05) is 40.3 Å². The van der Waals surface area contributed by atoms with Gasteiger partial charge >= 0.3 is 6.03 Å². The van der Waals surface area contributed by atoms with E-state index in [9.17, 15) is 9.59 Å². The Balaban J connectivity index is 1.73. The molecule has 6 heteroatoms. The van der Waals surface area contributed by atoms with Crippen LogP contribution in [0.2, 0.25) is 0 Å². The molecule has 1 aliphatic heterocycles. The Morgan fingerprint density at radius 3 is 2.88 bits per heavy atom. The van der Waals surface area contributed by atoms with Gasteiger partial charge in [-0.05, 0) is 25.3 Å². The zero-order valence-electron chi connectivity index (χ0n) is 14.7.